The van der Waals surface area contributed by atoms with Crippen molar-refractivity contribution in [1.82, 2.24) is 10.3 Å². The number of anilines is 3. The zero-order valence-electron chi connectivity index (χ0n) is 19.6. The first-order chi connectivity index (χ1) is 17.4. The zero-order valence-corrected chi connectivity index (χ0v) is 19.6. The van der Waals surface area contributed by atoms with Gasteiger partial charge in [-0.05, 0) is 67.3 Å². The molecule has 0 saturated carbocycles. The number of fused-ring (bicyclic) bond motifs is 4. The summed E-state index contributed by atoms with van der Waals surface area (Å²) in [7, 11) is 0. The Morgan fingerprint density at radius 3 is 2.72 bits per heavy atom. The molecule has 9 heteroatoms. The topological polar surface area (TPSA) is 60.5 Å². The predicted molar refractivity (Wildman–Crippen MR) is 133 cm³/mol. The van der Waals surface area contributed by atoms with Crippen molar-refractivity contribution in [2.45, 2.75) is 31.0 Å². The van der Waals surface area contributed by atoms with Crippen molar-refractivity contribution < 1.29 is 18.0 Å². The number of carbonyl (C=O) groups excluding carboxylic acids is 1. The van der Waals surface area contributed by atoms with Gasteiger partial charge >= 0.3 is 12.2 Å². The van der Waals surface area contributed by atoms with E-state index < -0.39 is 11.7 Å². The Morgan fingerprint density at radius 2 is 1.92 bits per heavy atom. The molecule has 3 aromatic rings. The Labute approximate surface area is 207 Å². The Bertz CT molecular complexity index is 1300. The third kappa shape index (κ3) is 4.17. The van der Waals surface area contributed by atoms with Gasteiger partial charge in [0.25, 0.3) is 0 Å². The molecule has 2 fully saturated rings. The Morgan fingerprint density at radius 1 is 1.06 bits per heavy atom. The number of amides is 2. The molecule has 6 rings (SSSR count). The maximum Gasteiger partial charge on any atom is 0.416 e. The summed E-state index contributed by atoms with van der Waals surface area (Å²) in [5.74, 6) is 0.907. The molecule has 2 bridgehead atoms. The molecule has 2 aromatic carbocycles. The highest BCUT2D eigenvalue weighted by molar-refractivity contribution is 6.04. The molecular formula is C27H26F3N5O. The number of nitrogens with one attached hydrogen (secondary N) is 2. The van der Waals surface area contributed by atoms with Crippen LogP contribution in [-0.4, -0.2) is 43.2 Å². The fraction of sp³-hybridized carbons (Fsp3) is 0.333. The average Bonchev–Trinajstić information content (AvgIpc) is 3.55. The van der Waals surface area contributed by atoms with Crippen molar-refractivity contribution in [3.05, 3.63) is 71.8 Å². The number of urea groups is 1. The molecule has 2 unspecified atom stereocenters. The SMILES string of the molecule is O=C(Nc1cccc(C2CCNC2)c1)N1c2nc(-c3cccc(C(F)(F)F)c3)ccc2N2CCC1C2. The van der Waals surface area contributed by atoms with Crippen LogP contribution in [0.5, 0.6) is 0 Å². The fourth-order valence-electron chi connectivity index (χ4n) is 5.48. The minimum Gasteiger partial charge on any atom is -0.366 e. The van der Waals surface area contributed by atoms with Gasteiger partial charge in [0.1, 0.15) is 0 Å². The normalized spacial score (nSPS) is 21.0. The molecule has 0 aliphatic carbocycles. The Balaban J connectivity index is 1.32. The number of halogens is 3. The molecule has 2 N–H and O–H groups in total. The van der Waals surface area contributed by atoms with Gasteiger partial charge < -0.3 is 15.5 Å². The van der Waals surface area contributed by atoms with Gasteiger partial charge in [0.05, 0.1) is 23.0 Å². The highest BCUT2D eigenvalue weighted by Crippen LogP contribution is 2.41. The molecule has 6 nitrogen and oxygen atoms in total. The van der Waals surface area contributed by atoms with E-state index in [4.69, 9.17) is 4.98 Å². The Kier molecular flexibility index (Phi) is 5.59. The van der Waals surface area contributed by atoms with Gasteiger partial charge in [-0.3, -0.25) is 4.90 Å². The zero-order chi connectivity index (χ0) is 24.9. The summed E-state index contributed by atoms with van der Waals surface area (Å²) in [4.78, 5) is 22.2. The molecule has 2 saturated heterocycles. The largest absolute Gasteiger partial charge is 0.416 e. The van der Waals surface area contributed by atoms with E-state index in [0.717, 1.165) is 56.0 Å². The maximum absolute atomic E-state index is 13.6. The first-order valence-electron chi connectivity index (χ1n) is 12.2. The van der Waals surface area contributed by atoms with E-state index in [1.54, 1.807) is 17.0 Å². The number of alkyl halides is 3. The van der Waals surface area contributed by atoms with Crippen LogP contribution in [0, 0.1) is 0 Å². The van der Waals surface area contributed by atoms with Gasteiger partial charge in [0.2, 0.25) is 0 Å². The molecule has 0 spiro atoms. The summed E-state index contributed by atoms with van der Waals surface area (Å²) < 4.78 is 39.8. The molecule has 0 radical (unpaired) electrons. The van der Waals surface area contributed by atoms with Crippen LogP contribution in [-0.2, 0) is 6.18 Å². The van der Waals surface area contributed by atoms with Crippen LogP contribution in [0.3, 0.4) is 0 Å². The van der Waals surface area contributed by atoms with E-state index >= 15 is 0 Å². The molecule has 3 aliphatic heterocycles. The smallest absolute Gasteiger partial charge is 0.366 e. The van der Waals surface area contributed by atoms with Gasteiger partial charge in [-0.25, -0.2) is 9.78 Å². The van der Waals surface area contributed by atoms with Crippen LogP contribution in [0.15, 0.2) is 60.7 Å². The number of nitrogens with zero attached hydrogens (tertiary/aromatic N) is 3. The lowest BCUT2D eigenvalue weighted by Gasteiger charge is -2.36. The third-order valence-electron chi connectivity index (χ3n) is 7.33. The van der Waals surface area contributed by atoms with Crippen molar-refractivity contribution >= 4 is 23.2 Å². The summed E-state index contributed by atoms with van der Waals surface area (Å²) in [6, 6.07) is 16.3. The van der Waals surface area contributed by atoms with Crippen molar-refractivity contribution in [3.8, 4) is 11.3 Å². The second kappa shape index (κ2) is 8.81. The quantitative estimate of drug-likeness (QED) is 0.508. The van der Waals surface area contributed by atoms with Gasteiger partial charge in [0, 0.05) is 30.9 Å². The van der Waals surface area contributed by atoms with E-state index in [9.17, 15) is 18.0 Å². The van der Waals surface area contributed by atoms with Crippen molar-refractivity contribution in [2.75, 3.05) is 41.3 Å². The summed E-state index contributed by atoms with van der Waals surface area (Å²) in [5.41, 5.74) is 2.76. The fourth-order valence-corrected chi connectivity index (χ4v) is 5.48. The second-order valence-corrected chi connectivity index (χ2v) is 9.62. The average molecular weight is 494 g/mol. The predicted octanol–water partition coefficient (Wildman–Crippen LogP) is 5.48. The van der Waals surface area contributed by atoms with Crippen LogP contribution < -0.4 is 20.4 Å². The van der Waals surface area contributed by atoms with E-state index in [1.807, 2.05) is 24.3 Å². The summed E-state index contributed by atoms with van der Waals surface area (Å²) >= 11 is 0. The van der Waals surface area contributed by atoms with Gasteiger partial charge in [0.15, 0.2) is 5.82 Å². The third-order valence-corrected chi connectivity index (χ3v) is 7.33. The summed E-state index contributed by atoms with van der Waals surface area (Å²) in [5, 5.41) is 6.42. The van der Waals surface area contributed by atoms with Crippen LogP contribution in [0.2, 0.25) is 0 Å². The first-order valence-corrected chi connectivity index (χ1v) is 12.2. The van der Waals surface area contributed by atoms with E-state index in [0.29, 0.717) is 29.5 Å². The number of hydrogen-bond donors (Lipinski definition) is 2. The summed E-state index contributed by atoms with van der Waals surface area (Å²) in [6.45, 7) is 3.43. The van der Waals surface area contributed by atoms with Gasteiger partial charge in [-0.1, -0.05) is 24.3 Å². The Hall–Kier alpha value is -3.59. The van der Waals surface area contributed by atoms with Gasteiger partial charge in [-0.15, -0.1) is 0 Å². The highest BCUT2D eigenvalue weighted by atomic mass is 19.4. The van der Waals surface area contributed by atoms with Gasteiger partial charge in [-0.2, -0.15) is 13.2 Å². The van der Waals surface area contributed by atoms with E-state index in [2.05, 4.69) is 21.6 Å². The number of aromatic nitrogens is 1. The number of carbonyl (C=O) groups is 1. The first kappa shape index (κ1) is 22.8. The lowest BCUT2D eigenvalue weighted by molar-refractivity contribution is -0.137. The highest BCUT2D eigenvalue weighted by Gasteiger charge is 2.40. The van der Waals surface area contributed by atoms with Crippen molar-refractivity contribution in [2.24, 2.45) is 0 Å². The molecule has 1 aromatic heterocycles. The van der Waals surface area contributed by atoms with E-state index in [-0.39, 0.29) is 12.1 Å². The molecule has 186 valence electrons. The van der Waals surface area contributed by atoms with E-state index in [1.165, 1.54) is 11.6 Å². The van der Waals surface area contributed by atoms with Crippen molar-refractivity contribution in [1.29, 1.82) is 0 Å². The molecule has 2 atom stereocenters. The van der Waals surface area contributed by atoms with Crippen LogP contribution in [0.1, 0.15) is 29.9 Å². The molecule has 4 heterocycles. The van der Waals surface area contributed by atoms with Crippen LogP contribution in [0.4, 0.5) is 35.2 Å². The molecule has 36 heavy (non-hydrogen) atoms. The monoisotopic (exact) mass is 493 g/mol. The summed E-state index contributed by atoms with van der Waals surface area (Å²) in [6.07, 6.45) is -2.57. The maximum atomic E-state index is 13.6. The minimum absolute atomic E-state index is 0.0519. The lowest BCUT2D eigenvalue weighted by Crippen LogP contribution is -2.48. The number of pyridine rings is 1. The molecular weight excluding hydrogens is 467 g/mol. The number of hydrogen-bond acceptors (Lipinski definition) is 4. The molecule has 3 aliphatic rings. The molecule has 2 amide bonds. The number of rotatable bonds is 3. The standard InChI is InChI=1S/C27H26F3N5O/c28-27(29,30)20-5-1-4-18(13-20)23-7-8-24-25(33-23)35(22-10-12-34(24)16-22)26(36)32-21-6-2-3-17(14-21)19-9-11-31-15-19/h1-8,13-14,19,22,31H,9-12,15-16H2,(H,32,36). The van der Waals surface area contributed by atoms with Crippen LogP contribution >= 0.6 is 0 Å². The number of benzene rings is 2. The lowest BCUT2D eigenvalue weighted by atomic mass is 9.98. The second-order valence-electron chi connectivity index (χ2n) is 9.62. The van der Waals surface area contributed by atoms with Crippen LogP contribution in [0.25, 0.3) is 11.3 Å². The minimum atomic E-state index is -4.44. The van der Waals surface area contributed by atoms with Crippen molar-refractivity contribution in [3.63, 3.8) is 0 Å².